The third-order valence-corrected chi connectivity index (χ3v) is 3.54. The summed E-state index contributed by atoms with van der Waals surface area (Å²) >= 11 is 3.10. The van der Waals surface area contributed by atoms with E-state index in [2.05, 4.69) is 15.9 Å². The van der Waals surface area contributed by atoms with Crippen LogP contribution in [0.1, 0.15) is 24.3 Å². The SMILES string of the molecule is O=C1CC(c2ccccc2)CC(O)=C1Br. The topological polar surface area (TPSA) is 37.3 Å². The second-order valence-corrected chi connectivity index (χ2v) is 4.49. The number of ketones is 1. The van der Waals surface area contributed by atoms with E-state index in [1.165, 1.54) is 0 Å². The third kappa shape index (κ3) is 2.12. The molecule has 0 bridgehead atoms. The Morgan fingerprint density at radius 1 is 1.20 bits per heavy atom. The molecule has 0 fully saturated rings. The van der Waals surface area contributed by atoms with Gasteiger partial charge in [-0.1, -0.05) is 30.3 Å². The van der Waals surface area contributed by atoms with Gasteiger partial charge in [0.2, 0.25) is 0 Å². The number of hydrogen-bond donors (Lipinski definition) is 1. The molecule has 0 saturated heterocycles. The van der Waals surface area contributed by atoms with Gasteiger partial charge in [0, 0.05) is 12.8 Å². The number of halogens is 1. The fourth-order valence-corrected chi connectivity index (χ4v) is 2.15. The number of aliphatic hydroxyl groups is 1. The summed E-state index contributed by atoms with van der Waals surface area (Å²) in [6.45, 7) is 0. The van der Waals surface area contributed by atoms with E-state index in [-0.39, 0.29) is 17.5 Å². The molecule has 0 heterocycles. The minimum Gasteiger partial charge on any atom is -0.511 e. The third-order valence-electron chi connectivity index (χ3n) is 2.64. The molecule has 0 spiro atoms. The Labute approximate surface area is 96.7 Å². The fourth-order valence-electron chi connectivity index (χ4n) is 1.83. The summed E-state index contributed by atoms with van der Waals surface area (Å²) in [5.41, 5.74) is 1.11. The molecule has 1 aromatic rings. The lowest BCUT2D eigenvalue weighted by Crippen LogP contribution is -2.15. The van der Waals surface area contributed by atoms with Crippen molar-refractivity contribution in [2.24, 2.45) is 0 Å². The Bertz CT molecular complexity index is 409. The maximum atomic E-state index is 11.5. The van der Waals surface area contributed by atoms with Gasteiger partial charge in [-0.25, -0.2) is 0 Å². The summed E-state index contributed by atoms with van der Waals surface area (Å²) in [6, 6.07) is 9.82. The average molecular weight is 267 g/mol. The first-order valence-electron chi connectivity index (χ1n) is 4.84. The fraction of sp³-hybridized carbons (Fsp3) is 0.250. The van der Waals surface area contributed by atoms with Gasteiger partial charge >= 0.3 is 0 Å². The highest BCUT2D eigenvalue weighted by Gasteiger charge is 2.26. The van der Waals surface area contributed by atoms with Crippen molar-refractivity contribution in [3.8, 4) is 0 Å². The van der Waals surface area contributed by atoms with Crippen molar-refractivity contribution < 1.29 is 9.90 Å². The van der Waals surface area contributed by atoms with Crippen LogP contribution in [0.5, 0.6) is 0 Å². The summed E-state index contributed by atoms with van der Waals surface area (Å²) in [6.07, 6.45) is 1.00. The van der Waals surface area contributed by atoms with E-state index in [1.807, 2.05) is 30.3 Å². The van der Waals surface area contributed by atoms with E-state index in [1.54, 1.807) is 0 Å². The van der Waals surface area contributed by atoms with Gasteiger partial charge in [0.15, 0.2) is 5.78 Å². The second kappa shape index (κ2) is 4.19. The predicted octanol–water partition coefficient (Wildman–Crippen LogP) is 3.30. The van der Waals surface area contributed by atoms with Crippen LogP contribution >= 0.6 is 15.9 Å². The van der Waals surface area contributed by atoms with Crippen molar-refractivity contribution in [1.29, 1.82) is 0 Å². The molecule has 0 amide bonds. The van der Waals surface area contributed by atoms with E-state index < -0.39 is 0 Å². The molecule has 2 rings (SSSR count). The molecule has 1 N–H and O–H groups in total. The molecule has 1 unspecified atom stereocenters. The van der Waals surface area contributed by atoms with Gasteiger partial charge in [-0.3, -0.25) is 4.79 Å². The van der Waals surface area contributed by atoms with Crippen LogP contribution in [0.2, 0.25) is 0 Å². The van der Waals surface area contributed by atoms with Gasteiger partial charge in [0.25, 0.3) is 0 Å². The summed E-state index contributed by atoms with van der Waals surface area (Å²) in [7, 11) is 0. The van der Waals surface area contributed by atoms with Crippen LogP contribution in [0.3, 0.4) is 0 Å². The first-order valence-corrected chi connectivity index (χ1v) is 5.63. The Morgan fingerprint density at radius 2 is 1.87 bits per heavy atom. The lowest BCUT2D eigenvalue weighted by Gasteiger charge is -2.21. The first-order chi connectivity index (χ1) is 7.18. The van der Waals surface area contributed by atoms with Crippen molar-refractivity contribution in [3.63, 3.8) is 0 Å². The lowest BCUT2D eigenvalue weighted by molar-refractivity contribution is -0.115. The maximum Gasteiger partial charge on any atom is 0.173 e. The molecule has 1 aliphatic rings. The van der Waals surface area contributed by atoms with Gasteiger partial charge in [0.1, 0.15) is 5.76 Å². The number of carbonyl (C=O) groups is 1. The predicted molar refractivity (Wildman–Crippen MR) is 62.0 cm³/mol. The minimum absolute atomic E-state index is 0.0207. The van der Waals surface area contributed by atoms with Gasteiger partial charge in [-0.2, -0.15) is 0 Å². The van der Waals surface area contributed by atoms with Crippen molar-refractivity contribution in [1.82, 2.24) is 0 Å². The molecule has 0 saturated carbocycles. The first kappa shape index (κ1) is 10.4. The molecule has 2 nitrogen and oxygen atoms in total. The Morgan fingerprint density at radius 3 is 2.47 bits per heavy atom. The lowest BCUT2D eigenvalue weighted by atomic mass is 9.86. The highest BCUT2D eigenvalue weighted by molar-refractivity contribution is 9.12. The van der Waals surface area contributed by atoms with Crippen molar-refractivity contribution in [3.05, 3.63) is 46.1 Å². The Hall–Kier alpha value is -1.09. The largest absolute Gasteiger partial charge is 0.511 e. The van der Waals surface area contributed by atoms with Crippen molar-refractivity contribution in [2.75, 3.05) is 0 Å². The average Bonchev–Trinajstić information content (AvgIpc) is 2.26. The number of aliphatic hydroxyl groups excluding tert-OH is 1. The van der Waals surface area contributed by atoms with Crippen LogP contribution in [0.25, 0.3) is 0 Å². The molecule has 1 atom stereocenters. The molecule has 0 aliphatic heterocycles. The molecule has 0 radical (unpaired) electrons. The highest BCUT2D eigenvalue weighted by Crippen LogP contribution is 2.35. The van der Waals surface area contributed by atoms with Crippen LogP contribution in [0.15, 0.2) is 40.6 Å². The summed E-state index contributed by atoms with van der Waals surface area (Å²) in [5.74, 6) is 0.257. The van der Waals surface area contributed by atoms with E-state index in [9.17, 15) is 9.90 Å². The minimum atomic E-state index is -0.0207. The van der Waals surface area contributed by atoms with Crippen LogP contribution in [0, 0.1) is 0 Å². The van der Waals surface area contributed by atoms with Crippen molar-refractivity contribution >= 4 is 21.7 Å². The van der Waals surface area contributed by atoms with Gasteiger partial charge < -0.3 is 5.11 Å². The zero-order valence-electron chi connectivity index (χ0n) is 8.11. The van der Waals surface area contributed by atoms with Crippen LogP contribution < -0.4 is 0 Å². The molecule has 0 aromatic heterocycles. The Kier molecular flexibility index (Phi) is 2.91. The molecule has 1 aliphatic carbocycles. The van der Waals surface area contributed by atoms with E-state index in [0.29, 0.717) is 17.3 Å². The number of hydrogen-bond acceptors (Lipinski definition) is 2. The van der Waals surface area contributed by atoms with Crippen LogP contribution in [-0.4, -0.2) is 10.9 Å². The standard InChI is InChI=1S/C12H11BrO2/c13-12-10(14)6-9(7-11(12)15)8-4-2-1-3-5-8/h1-5,9,14H,6-7H2. The molecular formula is C12H11BrO2. The normalized spacial score (nSPS) is 21.9. The molecule has 78 valence electrons. The molecule has 1 aromatic carbocycles. The van der Waals surface area contributed by atoms with Gasteiger partial charge in [0.05, 0.1) is 4.48 Å². The molecular weight excluding hydrogens is 256 g/mol. The summed E-state index contributed by atoms with van der Waals surface area (Å²) < 4.78 is 0.342. The zero-order valence-corrected chi connectivity index (χ0v) is 9.70. The van der Waals surface area contributed by atoms with Crippen molar-refractivity contribution in [2.45, 2.75) is 18.8 Å². The maximum absolute atomic E-state index is 11.5. The van der Waals surface area contributed by atoms with Crippen LogP contribution in [-0.2, 0) is 4.79 Å². The van der Waals surface area contributed by atoms with Crippen LogP contribution in [0.4, 0.5) is 0 Å². The molecule has 3 heteroatoms. The van der Waals surface area contributed by atoms with E-state index in [0.717, 1.165) is 5.56 Å². The second-order valence-electron chi connectivity index (χ2n) is 3.70. The van der Waals surface area contributed by atoms with Gasteiger partial charge in [-0.05, 0) is 27.4 Å². The summed E-state index contributed by atoms with van der Waals surface area (Å²) in [5, 5.41) is 9.59. The number of benzene rings is 1. The Balaban J connectivity index is 2.26. The van der Waals surface area contributed by atoms with E-state index in [4.69, 9.17) is 0 Å². The highest BCUT2D eigenvalue weighted by atomic mass is 79.9. The number of allylic oxidation sites excluding steroid dienone is 2. The smallest absolute Gasteiger partial charge is 0.173 e. The van der Waals surface area contributed by atoms with E-state index >= 15 is 0 Å². The number of rotatable bonds is 1. The number of Topliss-reactive ketones (excluding diaryl/α,β-unsaturated/α-hetero) is 1. The van der Waals surface area contributed by atoms with Gasteiger partial charge in [-0.15, -0.1) is 0 Å². The zero-order chi connectivity index (χ0) is 10.8. The summed E-state index contributed by atoms with van der Waals surface area (Å²) in [4.78, 5) is 11.5. The molecule has 15 heavy (non-hydrogen) atoms. The number of carbonyl (C=O) groups excluding carboxylic acids is 1. The monoisotopic (exact) mass is 266 g/mol. The quantitative estimate of drug-likeness (QED) is 0.847.